The quantitative estimate of drug-likeness (QED) is 0.462. The molecular weight excluding hydrogens is 473 g/mol. The van der Waals surface area contributed by atoms with Crippen LogP contribution < -0.4 is 14.4 Å². The summed E-state index contributed by atoms with van der Waals surface area (Å²) in [5.41, 5.74) is 2.49. The molecule has 0 amide bonds. The largest absolute Gasteiger partial charge is 0.480 e. The van der Waals surface area contributed by atoms with Gasteiger partial charge in [-0.15, -0.1) is 10.2 Å². The molecule has 3 aromatic heterocycles. The van der Waals surface area contributed by atoms with E-state index in [2.05, 4.69) is 20.2 Å². The maximum atomic E-state index is 13.2. The first kappa shape index (κ1) is 24.6. The third kappa shape index (κ3) is 4.67. The zero-order valence-electron chi connectivity index (χ0n) is 20.9. The van der Waals surface area contributed by atoms with Gasteiger partial charge in [-0.2, -0.15) is 22.8 Å². The predicted octanol–water partition coefficient (Wildman–Crippen LogP) is 4.69. The Morgan fingerprint density at radius 2 is 1.83 bits per heavy atom. The Labute approximate surface area is 207 Å². The van der Waals surface area contributed by atoms with Crippen molar-refractivity contribution in [2.45, 2.75) is 58.2 Å². The Hall–Kier alpha value is -3.11. The molecule has 0 aromatic carbocycles. The van der Waals surface area contributed by atoms with Gasteiger partial charge in [0.25, 0.3) is 0 Å². The number of nitrogens with zero attached hydrogens (tertiary/aromatic N) is 6. The Bertz CT molecular complexity index is 1220. The molecule has 1 saturated carbocycles. The fourth-order valence-corrected chi connectivity index (χ4v) is 5.58. The average molecular weight is 505 g/mol. The van der Waals surface area contributed by atoms with Crippen LogP contribution in [-0.2, 0) is 6.42 Å². The number of halogens is 3. The molecule has 3 aromatic rings. The molecule has 0 radical (unpaired) electrons. The summed E-state index contributed by atoms with van der Waals surface area (Å²) in [6, 6.07) is 5.26. The summed E-state index contributed by atoms with van der Waals surface area (Å²) in [5.74, 6) is 2.69. The highest BCUT2D eigenvalue weighted by molar-refractivity contribution is 5.52. The van der Waals surface area contributed by atoms with Gasteiger partial charge in [-0.3, -0.25) is 0 Å². The second-order valence-electron chi connectivity index (χ2n) is 10.2. The molecule has 8 nitrogen and oxygen atoms in total. The van der Waals surface area contributed by atoms with Crippen LogP contribution in [0.3, 0.4) is 0 Å². The number of alkyl halides is 3. The van der Waals surface area contributed by atoms with E-state index in [0.717, 1.165) is 44.1 Å². The van der Waals surface area contributed by atoms with Crippen molar-refractivity contribution in [2.75, 3.05) is 25.1 Å². The van der Waals surface area contributed by atoms with Crippen molar-refractivity contribution in [1.82, 2.24) is 24.8 Å². The van der Waals surface area contributed by atoms with Crippen LogP contribution in [0.25, 0.3) is 5.65 Å². The molecule has 1 aliphatic carbocycles. The van der Waals surface area contributed by atoms with Crippen LogP contribution >= 0.6 is 0 Å². The summed E-state index contributed by atoms with van der Waals surface area (Å²) >= 11 is 0. The molecule has 11 heteroatoms. The van der Waals surface area contributed by atoms with Gasteiger partial charge in [-0.05, 0) is 55.1 Å². The molecule has 1 unspecified atom stereocenters. The smallest absolute Gasteiger partial charge is 0.425 e. The Balaban J connectivity index is 1.39. The van der Waals surface area contributed by atoms with Crippen LogP contribution in [-0.4, -0.2) is 57.3 Å². The van der Waals surface area contributed by atoms with E-state index in [4.69, 9.17) is 14.5 Å². The lowest BCUT2D eigenvalue weighted by Gasteiger charge is -2.38. The summed E-state index contributed by atoms with van der Waals surface area (Å²) in [7, 11) is 1.58. The molecule has 2 fully saturated rings. The van der Waals surface area contributed by atoms with Crippen molar-refractivity contribution in [3.05, 3.63) is 35.8 Å². The summed E-state index contributed by atoms with van der Waals surface area (Å²) in [5, 5.41) is 12.7. The molecule has 36 heavy (non-hydrogen) atoms. The van der Waals surface area contributed by atoms with E-state index >= 15 is 0 Å². The fourth-order valence-electron chi connectivity index (χ4n) is 5.58. The SMILES string of the molecule is COc1cc(N2C[C@H]3CC[C@@H](C2)C3Cc2nc3c(C(C)C)ccc(O[C@@H](C)C(F)(F)F)n3n2)cnn1. The number of rotatable bonds is 7. The maximum absolute atomic E-state index is 13.2. The average Bonchev–Trinajstić information content (AvgIpc) is 3.35. The minimum Gasteiger partial charge on any atom is -0.480 e. The van der Waals surface area contributed by atoms with Crippen LogP contribution in [0.2, 0.25) is 0 Å². The number of fused-ring (bicyclic) bond motifs is 3. The lowest BCUT2D eigenvalue weighted by molar-refractivity contribution is -0.190. The van der Waals surface area contributed by atoms with Gasteiger partial charge < -0.3 is 14.4 Å². The van der Waals surface area contributed by atoms with Crippen molar-refractivity contribution in [3.63, 3.8) is 0 Å². The van der Waals surface area contributed by atoms with E-state index in [-0.39, 0.29) is 11.8 Å². The summed E-state index contributed by atoms with van der Waals surface area (Å²) in [6.45, 7) is 6.86. The highest BCUT2D eigenvalue weighted by Gasteiger charge is 2.43. The second kappa shape index (κ2) is 9.40. The van der Waals surface area contributed by atoms with Crippen molar-refractivity contribution >= 4 is 11.3 Å². The molecule has 1 saturated heterocycles. The normalized spacial score (nSPS) is 22.9. The predicted molar refractivity (Wildman–Crippen MR) is 127 cm³/mol. The monoisotopic (exact) mass is 504 g/mol. The molecule has 4 heterocycles. The number of hydrogen-bond acceptors (Lipinski definition) is 7. The third-order valence-corrected chi connectivity index (χ3v) is 7.54. The molecule has 2 bridgehead atoms. The second-order valence-corrected chi connectivity index (χ2v) is 10.2. The summed E-state index contributed by atoms with van der Waals surface area (Å²) < 4.78 is 51.4. The summed E-state index contributed by atoms with van der Waals surface area (Å²) in [4.78, 5) is 7.14. The topological polar surface area (TPSA) is 77.7 Å². The van der Waals surface area contributed by atoms with E-state index < -0.39 is 12.3 Å². The van der Waals surface area contributed by atoms with Gasteiger partial charge in [0.1, 0.15) is 0 Å². The number of piperidine rings is 1. The molecule has 194 valence electrons. The van der Waals surface area contributed by atoms with E-state index in [1.807, 2.05) is 19.9 Å². The molecular formula is C25H31F3N6O2. The van der Waals surface area contributed by atoms with E-state index in [0.29, 0.717) is 41.5 Å². The van der Waals surface area contributed by atoms with Crippen molar-refractivity contribution in [2.24, 2.45) is 17.8 Å². The zero-order valence-corrected chi connectivity index (χ0v) is 20.9. The molecule has 1 aliphatic heterocycles. The zero-order chi connectivity index (χ0) is 25.6. The molecule has 4 atom stereocenters. The lowest BCUT2D eigenvalue weighted by atomic mass is 9.82. The number of pyridine rings is 1. The first-order valence-corrected chi connectivity index (χ1v) is 12.4. The minimum atomic E-state index is -4.46. The van der Waals surface area contributed by atoms with Crippen LogP contribution in [0.1, 0.15) is 50.9 Å². The number of hydrogen-bond donors (Lipinski definition) is 0. The van der Waals surface area contributed by atoms with Gasteiger partial charge in [0.2, 0.25) is 11.8 Å². The van der Waals surface area contributed by atoms with Crippen molar-refractivity contribution in [1.29, 1.82) is 0 Å². The molecule has 5 rings (SSSR count). The number of anilines is 1. The number of methoxy groups -OCH3 is 1. The molecule has 0 spiro atoms. The maximum Gasteiger partial charge on any atom is 0.425 e. The fraction of sp³-hybridized carbons (Fsp3) is 0.600. The van der Waals surface area contributed by atoms with Crippen LogP contribution in [0.15, 0.2) is 24.4 Å². The van der Waals surface area contributed by atoms with Gasteiger partial charge >= 0.3 is 6.18 Å². The molecule has 0 N–H and O–H groups in total. The highest BCUT2D eigenvalue weighted by Crippen LogP contribution is 2.44. The Morgan fingerprint density at radius 1 is 1.11 bits per heavy atom. The van der Waals surface area contributed by atoms with Gasteiger partial charge in [0.05, 0.1) is 19.0 Å². The van der Waals surface area contributed by atoms with Gasteiger partial charge in [0, 0.05) is 31.6 Å². The van der Waals surface area contributed by atoms with E-state index in [9.17, 15) is 13.2 Å². The van der Waals surface area contributed by atoms with Crippen molar-refractivity contribution < 1.29 is 22.6 Å². The Kier molecular flexibility index (Phi) is 6.42. The van der Waals surface area contributed by atoms with Crippen LogP contribution in [0, 0.1) is 17.8 Å². The Morgan fingerprint density at radius 3 is 2.47 bits per heavy atom. The van der Waals surface area contributed by atoms with Gasteiger partial charge in [-0.25, -0.2) is 4.98 Å². The van der Waals surface area contributed by atoms with E-state index in [1.165, 1.54) is 4.52 Å². The van der Waals surface area contributed by atoms with Crippen molar-refractivity contribution in [3.8, 4) is 11.8 Å². The van der Waals surface area contributed by atoms with Gasteiger partial charge in [-0.1, -0.05) is 13.8 Å². The first-order chi connectivity index (χ1) is 17.1. The number of ether oxygens (including phenoxy) is 2. The molecule has 2 aliphatic rings. The van der Waals surface area contributed by atoms with Crippen LogP contribution in [0.5, 0.6) is 11.8 Å². The van der Waals surface area contributed by atoms with Crippen LogP contribution in [0.4, 0.5) is 18.9 Å². The third-order valence-electron chi connectivity index (χ3n) is 7.54. The van der Waals surface area contributed by atoms with E-state index in [1.54, 1.807) is 25.4 Å². The standard InChI is InChI=1S/C25H31F3N6O2/c1-14(2)19-7-8-23(36-15(3)25(26,27)28)34-24(19)30-21(32-34)10-20-16-5-6-17(20)13-33(12-16)18-9-22(35-4)31-29-11-18/h7-9,11,14-17,20H,5-6,10,12-13H2,1-4H3/t15-,16-,17+,20?/m0/s1. The highest BCUT2D eigenvalue weighted by atomic mass is 19.4. The minimum absolute atomic E-state index is 0.0508. The summed E-state index contributed by atoms with van der Waals surface area (Å²) in [6.07, 6.45) is -1.70. The number of aromatic nitrogens is 5. The lowest BCUT2D eigenvalue weighted by Crippen LogP contribution is -2.42. The van der Waals surface area contributed by atoms with Gasteiger partial charge in [0.15, 0.2) is 17.6 Å². The first-order valence-electron chi connectivity index (χ1n) is 12.4.